The van der Waals surface area contributed by atoms with Gasteiger partial charge in [0, 0.05) is 23.7 Å². The summed E-state index contributed by atoms with van der Waals surface area (Å²) in [6, 6.07) is 3.43. The fourth-order valence-corrected chi connectivity index (χ4v) is 1.77. The van der Waals surface area contributed by atoms with E-state index in [1.165, 1.54) is 7.11 Å². The largest absolute Gasteiger partial charge is 0.481 e. The smallest absolute Gasteiger partial charge is 0.213 e. The number of aromatic amines is 1. The number of hydrogen-bond donors (Lipinski definition) is 1. The van der Waals surface area contributed by atoms with Gasteiger partial charge < -0.3 is 14.5 Å². The van der Waals surface area contributed by atoms with E-state index in [2.05, 4.69) is 9.97 Å². The van der Waals surface area contributed by atoms with E-state index >= 15 is 0 Å². The maximum Gasteiger partial charge on any atom is 0.213 e. The molecule has 5 heteroatoms. The van der Waals surface area contributed by atoms with Crippen LogP contribution < -0.4 is 10.2 Å². The van der Waals surface area contributed by atoms with Crippen molar-refractivity contribution >= 4 is 17.3 Å². The van der Waals surface area contributed by atoms with Crippen molar-refractivity contribution in [1.82, 2.24) is 9.97 Å². The Balaban J connectivity index is 2.54. The molecule has 0 aromatic carbocycles. The lowest BCUT2D eigenvalue weighted by Gasteiger charge is -2.05. The predicted octanol–water partition coefficient (Wildman–Crippen LogP) is 1.31. The highest BCUT2D eigenvalue weighted by Gasteiger charge is 2.10. The molecule has 0 saturated carbocycles. The number of carbonyl (C=O) groups excluding carboxylic acids is 1. The summed E-state index contributed by atoms with van der Waals surface area (Å²) < 4.78 is 5.00. The first-order valence-corrected chi connectivity index (χ1v) is 5.66. The molecule has 0 spiro atoms. The van der Waals surface area contributed by atoms with E-state index in [0.29, 0.717) is 28.9 Å². The van der Waals surface area contributed by atoms with E-state index in [9.17, 15) is 9.59 Å². The van der Waals surface area contributed by atoms with Crippen LogP contribution in [0.3, 0.4) is 0 Å². The summed E-state index contributed by atoms with van der Waals surface area (Å²) in [4.78, 5) is 30.0. The van der Waals surface area contributed by atoms with E-state index in [-0.39, 0.29) is 11.3 Å². The molecule has 0 bridgehead atoms. The summed E-state index contributed by atoms with van der Waals surface area (Å²) in [7, 11) is 1.50. The minimum Gasteiger partial charge on any atom is -0.481 e. The van der Waals surface area contributed by atoms with E-state index in [1.807, 2.05) is 0 Å². The van der Waals surface area contributed by atoms with Gasteiger partial charge in [0.15, 0.2) is 0 Å². The third kappa shape index (κ3) is 2.25. The fraction of sp³-hybridized carbons (Fsp3) is 0.308. The van der Waals surface area contributed by atoms with Crippen molar-refractivity contribution in [3.63, 3.8) is 0 Å². The van der Waals surface area contributed by atoms with E-state index in [0.717, 1.165) is 6.29 Å². The zero-order valence-corrected chi connectivity index (χ0v) is 10.3. The summed E-state index contributed by atoms with van der Waals surface area (Å²) in [5.41, 5.74) is 1.40. The van der Waals surface area contributed by atoms with Gasteiger partial charge in [-0.3, -0.25) is 4.79 Å². The molecule has 2 rings (SSSR count). The first kappa shape index (κ1) is 12.3. The molecular weight excluding hydrogens is 232 g/mol. The summed E-state index contributed by atoms with van der Waals surface area (Å²) in [5, 5.41) is 0. The highest BCUT2D eigenvalue weighted by atomic mass is 16.5. The first-order chi connectivity index (χ1) is 8.65. The zero-order chi connectivity index (χ0) is 13.1. The lowest BCUT2D eigenvalue weighted by atomic mass is 10.0. The number of carbonyl (C=O) groups is 1. The van der Waals surface area contributed by atoms with Crippen molar-refractivity contribution in [3.8, 4) is 5.88 Å². The van der Waals surface area contributed by atoms with Crippen LogP contribution in [0.2, 0.25) is 0 Å². The van der Waals surface area contributed by atoms with Gasteiger partial charge in [-0.25, -0.2) is 4.98 Å². The quantitative estimate of drug-likeness (QED) is 0.825. The van der Waals surface area contributed by atoms with Crippen LogP contribution in [0.4, 0.5) is 0 Å². The molecule has 0 aliphatic carbocycles. The predicted molar refractivity (Wildman–Crippen MR) is 67.8 cm³/mol. The molecule has 1 N–H and O–H groups in total. The van der Waals surface area contributed by atoms with Gasteiger partial charge in [-0.2, -0.15) is 0 Å². The molecule has 2 heterocycles. The van der Waals surface area contributed by atoms with Gasteiger partial charge in [0.25, 0.3) is 0 Å². The molecule has 0 fully saturated rings. The van der Waals surface area contributed by atoms with Crippen molar-refractivity contribution < 1.29 is 9.53 Å². The van der Waals surface area contributed by atoms with Crippen molar-refractivity contribution in [2.45, 2.75) is 13.3 Å². The standard InChI is InChI=1S/C13H14N2O3/c1-8(7-16)5-9-6-14-10-3-4-11(18-2)15-12(10)13(9)17/h3-4,6-8H,5H2,1-2H3,(H,14,17). The summed E-state index contributed by atoms with van der Waals surface area (Å²) in [6.45, 7) is 1.77. The van der Waals surface area contributed by atoms with Crippen LogP contribution in [-0.2, 0) is 11.2 Å². The molecule has 1 unspecified atom stereocenters. The Bertz CT molecular complexity index is 634. The Morgan fingerprint density at radius 2 is 2.28 bits per heavy atom. The number of H-pyrrole nitrogens is 1. The van der Waals surface area contributed by atoms with Gasteiger partial charge in [-0.05, 0) is 12.5 Å². The third-order valence-corrected chi connectivity index (χ3v) is 2.76. The van der Waals surface area contributed by atoms with Crippen molar-refractivity contribution in [3.05, 3.63) is 34.1 Å². The monoisotopic (exact) mass is 246 g/mol. The number of nitrogens with one attached hydrogen (secondary N) is 1. The second kappa shape index (κ2) is 5.00. The fourth-order valence-electron chi connectivity index (χ4n) is 1.77. The molecule has 18 heavy (non-hydrogen) atoms. The van der Waals surface area contributed by atoms with Crippen LogP contribution in [0.15, 0.2) is 23.1 Å². The Labute approximate surface area is 104 Å². The normalized spacial score (nSPS) is 12.3. The average Bonchev–Trinajstić information content (AvgIpc) is 2.41. The van der Waals surface area contributed by atoms with Crippen molar-refractivity contribution in [1.29, 1.82) is 0 Å². The topological polar surface area (TPSA) is 72.1 Å². The molecule has 0 amide bonds. The van der Waals surface area contributed by atoms with Crippen LogP contribution in [0.5, 0.6) is 5.88 Å². The van der Waals surface area contributed by atoms with E-state index < -0.39 is 0 Å². The molecule has 2 aromatic rings. The number of methoxy groups -OCH3 is 1. The van der Waals surface area contributed by atoms with Crippen LogP contribution in [0, 0.1) is 5.92 Å². The molecule has 1 atom stereocenters. The minimum absolute atomic E-state index is 0.156. The number of aldehydes is 1. The minimum atomic E-state index is -0.186. The van der Waals surface area contributed by atoms with E-state index in [1.54, 1.807) is 25.3 Å². The van der Waals surface area contributed by atoms with Gasteiger partial charge in [0.05, 0.1) is 12.6 Å². The van der Waals surface area contributed by atoms with Gasteiger partial charge in [-0.15, -0.1) is 0 Å². The lowest BCUT2D eigenvalue weighted by Crippen LogP contribution is -2.15. The maximum absolute atomic E-state index is 12.2. The zero-order valence-electron chi connectivity index (χ0n) is 10.3. The molecular formula is C13H14N2O3. The van der Waals surface area contributed by atoms with Gasteiger partial charge in [0.1, 0.15) is 11.8 Å². The molecule has 0 aliphatic heterocycles. The maximum atomic E-state index is 12.2. The lowest BCUT2D eigenvalue weighted by molar-refractivity contribution is -0.110. The van der Waals surface area contributed by atoms with Gasteiger partial charge in [0.2, 0.25) is 11.3 Å². The number of ether oxygens (including phenoxy) is 1. The van der Waals surface area contributed by atoms with Crippen molar-refractivity contribution in [2.75, 3.05) is 7.11 Å². The number of nitrogens with zero attached hydrogens (tertiary/aromatic N) is 1. The highest BCUT2D eigenvalue weighted by molar-refractivity contribution is 5.75. The van der Waals surface area contributed by atoms with Crippen LogP contribution in [0.1, 0.15) is 12.5 Å². The van der Waals surface area contributed by atoms with Crippen LogP contribution in [-0.4, -0.2) is 23.4 Å². The van der Waals surface area contributed by atoms with Crippen LogP contribution in [0.25, 0.3) is 11.0 Å². The van der Waals surface area contributed by atoms with Gasteiger partial charge in [-0.1, -0.05) is 6.92 Å². The van der Waals surface area contributed by atoms with Crippen LogP contribution >= 0.6 is 0 Å². The Morgan fingerprint density at radius 3 is 2.94 bits per heavy atom. The van der Waals surface area contributed by atoms with E-state index in [4.69, 9.17) is 4.74 Å². The summed E-state index contributed by atoms with van der Waals surface area (Å²) in [5.74, 6) is 0.211. The number of aromatic nitrogens is 2. The van der Waals surface area contributed by atoms with Crippen molar-refractivity contribution in [2.24, 2.45) is 5.92 Å². The molecule has 0 radical (unpaired) electrons. The second-order valence-electron chi connectivity index (χ2n) is 4.21. The highest BCUT2D eigenvalue weighted by Crippen LogP contribution is 2.12. The molecule has 2 aromatic heterocycles. The molecule has 0 saturated heterocycles. The Kier molecular flexibility index (Phi) is 3.41. The second-order valence-corrected chi connectivity index (χ2v) is 4.21. The molecule has 0 aliphatic rings. The Hall–Kier alpha value is -2.17. The third-order valence-electron chi connectivity index (χ3n) is 2.76. The number of hydrogen-bond acceptors (Lipinski definition) is 4. The number of fused-ring (bicyclic) bond motifs is 1. The number of pyridine rings is 2. The molecule has 94 valence electrons. The average molecular weight is 246 g/mol. The first-order valence-electron chi connectivity index (χ1n) is 5.66. The SMILES string of the molecule is COc1ccc2[nH]cc(CC(C)C=O)c(=O)c2n1. The summed E-state index contributed by atoms with van der Waals surface area (Å²) in [6.07, 6.45) is 2.88. The molecule has 5 nitrogen and oxygen atoms in total. The van der Waals surface area contributed by atoms with Gasteiger partial charge >= 0.3 is 0 Å². The summed E-state index contributed by atoms with van der Waals surface area (Å²) >= 11 is 0. The number of rotatable bonds is 4. The Morgan fingerprint density at radius 1 is 1.50 bits per heavy atom.